The summed E-state index contributed by atoms with van der Waals surface area (Å²) in [6, 6.07) is 8.06. The minimum Gasteiger partial charge on any atom is -0.470 e. The zero-order valence-electron chi connectivity index (χ0n) is 21.3. The average Bonchev–Trinajstić information content (AvgIpc) is 3.23. The lowest BCUT2D eigenvalue weighted by Gasteiger charge is -2.40. The summed E-state index contributed by atoms with van der Waals surface area (Å²) in [7, 11) is 3.23. The van der Waals surface area contributed by atoms with E-state index in [9.17, 15) is 9.18 Å². The Morgan fingerprint density at radius 1 is 1.16 bits per heavy atom. The number of aryl methyl sites for hydroxylation is 1. The number of nitrogens with zero attached hydrogens (tertiary/aromatic N) is 7. The van der Waals surface area contributed by atoms with Crippen LogP contribution in [0, 0.1) is 5.82 Å². The number of carbonyl (C=O) groups excluding carboxylic acids is 1. The minimum atomic E-state index is -0.481. The first-order valence-electron chi connectivity index (χ1n) is 12.1. The van der Waals surface area contributed by atoms with Gasteiger partial charge in [-0.3, -0.25) is 4.90 Å². The number of imidazole rings is 1. The van der Waals surface area contributed by atoms with Crippen molar-refractivity contribution in [1.29, 1.82) is 0 Å². The van der Waals surface area contributed by atoms with Crippen LogP contribution >= 0.6 is 11.6 Å². The van der Waals surface area contributed by atoms with E-state index < -0.39 is 11.8 Å². The van der Waals surface area contributed by atoms with Crippen LogP contribution in [0.2, 0.25) is 5.02 Å². The van der Waals surface area contributed by atoms with Gasteiger partial charge in [-0.05, 0) is 31.2 Å². The molecule has 4 heterocycles. The van der Waals surface area contributed by atoms with E-state index in [0.29, 0.717) is 47.6 Å². The van der Waals surface area contributed by atoms with Crippen LogP contribution in [0.3, 0.4) is 0 Å². The zero-order valence-corrected chi connectivity index (χ0v) is 22.0. The number of anilines is 1. The molecule has 12 heteroatoms. The Hall–Kier alpha value is -3.83. The Morgan fingerprint density at radius 3 is 2.74 bits per heavy atom. The van der Waals surface area contributed by atoms with Gasteiger partial charge in [0.2, 0.25) is 0 Å². The Kier molecular flexibility index (Phi) is 7.39. The molecule has 198 valence electrons. The van der Waals surface area contributed by atoms with Gasteiger partial charge in [0.1, 0.15) is 23.8 Å². The molecule has 0 spiro atoms. The number of methoxy groups -OCH3 is 1. The lowest BCUT2D eigenvalue weighted by Crippen LogP contribution is -2.52. The lowest BCUT2D eigenvalue weighted by molar-refractivity contribution is 0.0594. The maximum absolute atomic E-state index is 14.2. The number of ether oxygens (including phenoxy) is 2. The molecule has 3 aromatic heterocycles. The lowest BCUT2D eigenvalue weighted by atomic mass is 10.2. The van der Waals surface area contributed by atoms with E-state index in [1.807, 2.05) is 11.6 Å². The number of hydrogen-bond acceptors (Lipinski definition) is 9. The van der Waals surface area contributed by atoms with Crippen molar-refractivity contribution >= 4 is 34.6 Å². The van der Waals surface area contributed by atoms with Gasteiger partial charge in [0, 0.05) is 55.7 Å². The monoisotopic (exact) mass is 539 g/mol. The van der Waals surface area contributed by atoms with Gasteiger partial charge in [0.15, 0.2) is 17.2 Å². The smallest absolute Gasteiger partial charge is 0.356 e. The van der Waals surface area contributed by atoms with E-state index in [2.05, 4.69) is 31.7 Å². The molecule has 0 N–H and O–H groups in total. The normalized spacial score (nSPS) is 16.1. The SMILES string of the molecule is COC(=O)c1ccc2nc(CN3CCN(c4nccnc4OCc4ccc(Cl)cc4F)C[C@@H]3C)n(C)c2n1. The van der Waals surface area contributed by atoms with Crippen molar-refractivity contribution in [2.24, 2.45) is 7.05 Å². The fourth-order valence-corrected chi connectivity index (χ4v) is 4.66. The van der Waals surface area contributed by atoms with Gasteiger partial charge in [0.05, 0.1) is 13.7 Å². The fraction of sp³-hybridized carbons (Fsp3) is 0.346. The largest absolute Gasteiger partial charge is 0.470 e. The third kappa shape index (κ3) is 5.25. The molecule has 0 saturated carbocycles. The number of esters is 1. The molecule has 1 aliphatic rings. The third-order valence-electron chi connectivity index (χ3n) is 6.64. The number of carbonyl (C=O) groups is 1. The number of rotatable bonds is 7. The van der Waals surface area contributed by atoms with Crippen LogP contribution in [-0.4, -0.2) is 68.2 Å². The van der Waals surface area contributed by atoms with Crippen molar-refractivity contribution in [2.75, 3.05) is 31.6 Å². The van der Waals surface area contributed by atoms with Crippen LogP contribution in [0.4, 0.5) is 10.2 Å². The summed E-state index contributed by atoms with van der Waals surface area (Å²) in [5.74, 6) is 0.915. The second-order valence-electron chi connectivity index (χ2n) is 9.09. The number of hydrogen-bond donors (Lipinski definition) is 0. The third-order valence-corrected chi connectivity index (χ3v) is 6.87. The molecule has 0 aliphatic carbocycles. The van der Waals surface area contributed by atoms with Crippen LogP contribution < -0.4 is 9.64 Å². The summed E-state index contributed by atoms with van der Waals surface area (Å²) in [4.78, 5) is 34.4. The molecule has 0 radical (unpaired) electrons. The van der Waals surface area contributed by atoms with Crippen molar-refractivity contribution in [3.63, 3.8) is 0 Å². The topological polar surface area (TPSA) is 98.5 Å². The molecule has 0 amide bonds. The predicted octanol–water partition coefficient (Wildman–Crippen LogP) is 3.63. The van der Waals surface area contributed by atoms with Gasteiger partial charge in [-0.15, -0.1) is 0 Å². The van der Waals surface area contributed by atoms with Gasteiger partial charge in [-0.2, -0.15) is 0 Å². The van der Waals surface area contributed by atoms with Crippen molar-refractivity contribution in [1.82, 2.24) is 29.4 Å². The van der Waals surface area contributed by atoms with Crippen molar-refractivity contribution in [3.8, 4) is 5.88 Å². The highest BCUT2D eigenvalue weighted by molar-refractivity contribution is 6.30. The highest BCUT2D eigenvalue weighted by Crippen LogP contribution is 2.27. The van der Waals surface area contributed by atoms with Crippen LogP contribution in [0.25, 0.3) is 11.2 Å². The van der Waals surface area contributed by atoms with Gasteiger partial charge in [-0.25, -0.2) is 29.1 Å². The molecule has 0 unspecified atom stereocenters. The highest BCUT2D eigenvalue weighted by Gasteiger charge is 2.28. The Morgan fingerprint density at radius 2 is 1.97 bits per heavy atom. The summed E-state index contributed by atoms with van der Waals surface area (Å²) < 4.78 is 26.8. The summed E-state index contributed by atoms with van der Waals surface area (Å²) in [5, 5.41) is 0.333. The quantitative estimate of drug-likeness (QED) is 0.326. The number of fused-ring (bicyclic) bond motifs is 1. The molecule has 1 atom stereocenters. The predicted molar refractivity (Wildman–Crippen MR) is 140 cm³/mol. The first-order valence-corrected chi connectivity index (χ1v) is 12.5. The molecule has 10 nitrogen and oxygen atoms in total. The summed E-state index contributed by atoms with van der Waals surface area (Å²) in [5.41, 5.74) is 1.99. The van der Waals surface area contributed by atoms with Crippen molar-refractivity contribution in [3.05, 3.63) is 70.6 Å². The number of pyridine rings is 1. The van der Waals surface area contributed by atoms with Crippen LogP contribution in [0.1, 0.15) is 28.8 Å². The maximum Gasteiger partial charge on any atom is 0.356 e. The zero-order chi connectivity index (χ0) is 26.8. The minimum absolute atomic E-state index is 0.0165. The van der Waals surface area contributed by atoms with E-state index >= 15 is 0 Å². The molecule has 1 aliphatic heterocycles. The maximum atomic E-state index is 14.2. The van der Waals surface area contributed by atoms with Crippen LogP contribution in [0.15, 0.2) is 42.7 Å². The average molecular weight is 540 g/mol. The van der Waals surface area contributed by atoms with Crippen LogP contribution in [-0.2, 0) is 24.9 Å². The molecular formula is C26H27ClFN7O3. The molecular weight excluding hydrogens is 513 g/mol. The standard InChI is InChI=1S/C26H27ClFN7O3/c1-16-13-35(24-25(30-9-8-29-24)38-15-17-4-5-18(27)12-19(17)28)11-10-34(16)14-22-31-20-6-7-21(26(36)37-3)32-23(20)33(22)2/h4-9,12,16H,10-11,13-15H2,1-3H3/t16-/m0/s1. The van der Waals surface area contributed by atoms with Crippen molar-refractivity contribution in [2.45, 2.75) is 26.1 Å². The number of benzene rings is 1. The van der Waals surface area contributed by atoms with Gasteiger partial charge in [0.25, 0.3) is 5.88 Å². The second-order valence-corrected chi connectivity index (χ2v) is 9.53. The molecule has 0 bridgehead atoms. The van der Waals surface area contributed by atoms with E-state index in [0.717, 1.165) is 17.9 Å². The number of aromatic nitrogens is 5. The molecule has 1 aromatic carbocycles. The van der Waals surface area contributed by atoms with E-state index in [1.54, 1.807) is 36.7 Å². The Balaban J connectivity index is 1.27. The summed E-state index contributed by atoms with van der Waals surface area (Å²) in [6.45, 7) is 4.93. The Bertz CT molecular complexity index is 1480. The van der Waals surface area contributed by atoms with E-state index in [1.165, 1.54) is 13.2 Å². The second kappa shape index (κ2) is 10.9. The summed E-state index contributed by atoms with van der Waals surface area (Å²) >= 11 is 5.85. The molecule has 1 fully saturated rings. The van der Waals surface area contributed by atoms with Gasteiger partial charge < -0.3 is 18.9 Å². The summed E-state index contributed by atoms with van der Waals surface area (Å²) in [6.07, 6.45) is 3.18. The van der Waals surface area contributed by atoms with Gasteiger partial charge >= 0.3 is 5.97 Å². The highest BCUT2D eigenvalue weighted by atomic mass is 35.5. The first-order chi connectivity index (χ1) is 18.3. The molecule has 38 heavy (non-hydrogen) atoms. The molecule has 4 aromatic rings. The van der Waals surface area contributed by atoms with E-state index in [4.69, 9.17) is 26.1 Å². The van der Waals surface area contributed by atoms with Crippen molar-refractivity contribution < 1.29 is 18.7 Å². The first kappa shape index (κ1) is 25.8. The van der Waals surface area contributed by atoms with E-state index in [-0.39, 0.29) is 18.3 Å². The molecule has 1 saturated heterocycles. The Labute approximate surface area is 224 Å². The van der Waals surface area contributed by atoms with Gasteiger partial charge in [-0.1, -0.05) is 17.7 Å². The number of piperazine rings is 1. The van der Waals surface area contributed by atoms with Crippen LogP contribution in [0.5, 0.6) is 5.88 Å². The molecule has 5 rings (SSSR count). The fourth-order valence-electron chi connectivity index (χ4n) is 4.50. The number of halogens is 2.